The summed E-state index contributed by atoms with van der Waals surface area (Å²) in [6.45, 7) is 0.536. The van der Waals surface area contributed by atoms with Gasteiger partial charge in [-0.25, -0.2) is 0 Å². The number of nitrogens with one attached hydrogen (secondary N) is 1. The Morgan fingerprint density at radius 2 is 1.62 bits per heavy atom. The van der Waals surface area contributed by atoms with Gasteiger partial charge in [0.25, 0.3) is 5.91 Å². The van der Waals surface area contributed by atoms with E-state index >= 15 is 0 Å². The molecule has 0 aliphatic rings. The lowest BCUT2D eigenvalue weighted by molar-refractivity contribution is -0.137. The highest BCUT2D eigenvalue weighted by Gasteiger charge is 2.31. The number of rotatable bonds is 7. The Morgan fingerprint density at radius 1 is 0.971 bits per heavy atom. The van der Waals surface area contributed by atoms with Crippen molar-refractivity contribution in [2.75, 3.05) is 5.32 Å². The van der Waals surface area contributed by atoms with Crippen LogP contribution in [0.15, 0.2) is 85.1 Å². The topological polar surface area (TPSA) is 56.2 Å². The van der Waals surface area contributed by atoms with E-state index < -0.39 is 17.6 Å². The molecule has 4 aromatic rings. The summed E-state index contributed by atoms with van der Waals surface area (Å²) in [7, 11) is 0. The quantitative estimate of drug-likeness (QED) is 0.328. The molecule has 174 valence electrons. The number of amides is 1. The van der Waals surface area contributed by atoms with E-state index in [0.717, 1.165) is 29.3 Å². The predicted octanol–water partition coefficient (Wildman–Crippen LogP) is 6.43. The SMILES string of the molecule is O=C(Nc1cc(C(F)(F)F)ccc1Cl)c1cn(Cc2ccccc2)nc1OCc1ccccc1. The van der Waals surface area contributed by atoms with Gasteiger partial charge < -0.3 is 10.1 Å². The molecule has 1 heterocycles. The number of carbonyl (C=O) groups is 1. The van der Waals surface area contributed by atoms with Crippen LogP contribution >= 0.6 is 11.6 Å². The number of hydrogen-bond donors (Lipinski definition) is 1. The fraction of sp³-hybridized carbons (Fsp3) is 0.120. The number of aromatic nitrogens is 2. The van der Waals surface area contributed by atoms with Gasteiger partial charge in [-0.15, -0.1) is 5.10 Å². The molecule has 34 heavy (non-hydrogen) atoms. The average Bonchev–Trinajstić information content (AvgIpc) is 3.22. The van der Waals surface area contributed by atoms with Crippen LogP contribution in [0.1, 0.15) is 27.0 Å². The fourth-order valence-electron chi connectivity index (χ4n) is 3.23. The van der Waals surface area contributed by atoms with E-state index in [1.807, 2.05) is 60.7 Å². The molecule has 0 aliphatic heterocycles. The summed E-state index contributed by atoms with van der Waals surface area (Å²) >= 11 is 6.04. The minimum atomic E-state index is -4.57. The van der Waals surface area contributed by atoms with Gasteiger partial charge in [-0.3, -0.25) is 9.48 Å². The molecular weight excluding hydrogens is 467 g/mol. The number of hydrogen-bond acceptors (Lipinski definition) is 3. The number of carbonyl (C=O) groups excluding carboxylic acids is 1. The molecule has 0 saturated carbocycles. The van der Waals surface area contributed by atoms with Gasteiger partial charge in [-0.1, -0.05) is 72.3 Å². The molecular formula is C25H19ClF3N3O2. The second kappa shape index (κ2) is 10.0. The second-order valence-corrected chi connectivity index (χ2v) is 7.86. The molecule has 0 unspecified atom stereocenters. The summed E-state index contributed by atoms with van der Waals surface area (Å²) in [6, 6.07) is 21.5. The van der Waals surface area contributed by atoms with Crippen molar-refractivity contribution in [3.63, 3.8) is 0 Å². The van der Waals surface area contributed by atoms with Crippen LogP contribution in [0.4, 0.5) is 18.9 Å². The number of alkyl halides is 3. The lowest BCUT2D eigenvalue weighted by Crippen LogP contribution is -2.14. The highest BCUT2D eigenvalue weighted by molar-refractivity contribution is 6.34. The lowest BCUT2D eigenvalue weighted by atomic mass is 10.2. The third-order valence-electron chi connectivity index (χ3n) is 4.92. The third-order valence-corrected chi connectivity index (χ3v) is 5.25. The van der Waals surface area contributed by atoms with E-state index in [2.05, 4.69) is 10.4 Å². The number of benzene rings is 3. The molecule has 3 aromatic carbocycles. The van der Waals surface area contributed by atoms with Gasteiger partial charge >= 0.3 is 6.18 Å². The average molecular weight is 486 g/mol. The van der Waals surface area contributed by atoms with Gasteiger partial charge in [0.1, 0.15) is 12.2 Å². The monoisotopic (exact) mass is 485 g/mol. The molecule has 0 saturated heterocycles. The van der Waals surface area contributed by atoms with Gasteiger partial charge in [0.2, 0.25) is 5.88 Å². The van der Waals surface area contributed by atoms with Crippen LogP contribution in [0.2, 0.25) is 5.02 Å². The molecule has 1 amide bonds. The van der Waals surface area contributed by atoms with Crippen molar-refractivity contribution in [2.24, 2.45) is 0 Å². The van der Waals surface area contributed by atoms with Crippen LogP contribution in [-0.2, 0) is 19.3 Å². The third kappa shape index (κ3) is 5.77. The van der Waals surface area contributed by atoms with Crippen LogP contribution in [0.5, 0.6) is 5.88 Å². The van der Waals surface area contributed by atoms with E-state index in [1.54, 1.807) is 0 Å². The van der Waals surface area contributed by atoms with Gasteiger partial charge in [-0.05, 0) is 29.3 Å². The molecule has 0 aliphatic carbocycles. The predicted molar refractivity (Wildman–Crippen MR) is 123 cm³/mol. The van der Waals surface area contributed by atoms with Crippen LogP contribution in [0.25, 0.3) is 0 Å². The van der Waals surface area contributed by atoms with Crippen LogP contribution in [0, 0.1) is 0 Å². The highest BCUT2D eigenvalue weighted by Crippen LogP contribution is 2.34. The van der Waals surface area contributed by atoms with Crippen molar-refractivity contribution in [1.82, 2.24) is 9.78 Å². The van der Waals surface area contributed by atoms with Crippen molar-refractivity contribution in [1.29, 1.82) is 0 Å². The Bertz CT molecular complexity index is 1280. The van der Waals surface area contributed by atoms with Crippen LogP contribution in [-0.4, -0.2) is 15.7 Å². The zero-order valence-corrected chi connectivity index (χ0v) is 18.5. The summed E-state index contributed by atoms with van der Waals surface area (Å²) in [5.74, 6) is -0.635. The maximum absolute atomic E-state index is 13.1. The lowest BCUT2D eigenvalue weighted by Gasteiger charge is -2.12. The van der Waals surface area contributed by atoms with E-state index in [4.69, 9.17) is 16.3 Å². The van der Waals surface area contributed by atoms with Crippen molar-refractivity contribution in [3.05, 3.63) is 112 Å². The number of ether oxygens (including phenoxy) is 1. The van der Waals surface area contributed by atoms with Crippen molar-refractivity contribution >= 4 is 23.2 Å². The zero-order chi connectivity index (χ0) is 24.1. The molecule has 0 spiro atoms. The van der Waals surface area contributed by atoms with E-state index in [9.17, 15) is 18.0 Å². The van der Waals surface area contributed by atoms with Crippen LogP contribution in [0.3, 0.4) is 0 Å². The first-order chi connectivity index (χ1) is 16.3. The summed E-state index contributed by atoms with van der Waals surface area (Å²) in [4.78, 5) is 13.0. The van der Waals surface area contributed by atoms with Crippen molar-refractivity contribution in [2.45, 2.75) is 19.3 Å². The zero-order valence-electron chi connectivity index (χ0n) is 17.7. The van der Waals surface area contributed by atoms with E-state index in [-0.39, 0.29) is 28.8 Å². The first-order valence-electron chi connectivity index (χ1n) is 10.3. The molecule has 0 radical (unpaired) electrons. The number of anilines is 1. The maximum atomic E-state index is 13.1. The molecule has 0 atom stereocenters. The molecule has 9 heteroatoms. The molecule has 0 fully saturated rings. The van der Waals surface area contributed by atoms with Gasteiger partial charge in [0.15, 0.2) is 0 Å². The minimum Gasteiger partial charge on any atom is -0.471 e. The smallest absolute Gasteiger partial charge is 0.416 e. The largest absolute Gasteiger partial charge is 0.471 e. The van der Waals surface area contributed by atoms with Crippen molar-refractivity contribution < 1.29 is 22.7 Å². The molecule has 1 aromatic heterocycles. The summed E-state index contributed by atoms with van der Waals surface area (Å²) < 4.78 is 46.7. The Labute approximate surface area is 198 Å². The molecule has 5 nitrogen and oxygen atoms in total. The summed E-state index contributed by atoms with van der Waals surface area (Å²) in [6.07, 6.45) is -3.08. The maximum Gasteiger partial charge on any atom is 0.416 e. The Kier molecular flexibility index (Phi) is 6.88. The Hall–Kier alpha value is -3.78. The van der Waals surface area contributed by atoms with Crippen LogP contribution < -0.4 is 10.1 Å². The fourth-order valence-corrected chi connectivity index (χ4v) is 3.40. The van der Waals surface area contributed by atoms with Gasteiger partial charge in [0.05, 0.1) is 22.8 Å². The summed E-state index contributed by atoms with van der Waals surface area (Å²) in [5.41, 5.74) is 0.805. The first-order valence-corrected chi connectivity index (χ1v) is 10.6. The van der Waals surface area contributed by atoms with Gasteiger partial charge in [-0.2, -0.15) is 13.2 Å². The second-order valence-electron chi connectivity index (χ2n) is 7.45. The summed E-state index contributed by atoms with van der Waals surface area (Å²) in [5, 5.41) is 6.81. The normalized spacial score (nSPS) is 11.3. The molecule has 0 bridgehead atoms. The van der Waals surface area contributed by atoms with E-state index in [1.165, 1.54) is 10.9 Å². The Balaban J connectivity index is 1.61. The minimum absolute atomic E-state index is 0.0234. The van der Waals surface area contributed by atoms with Crippen molar-refractivity contribution in [3.8, 4) is 5.88 Å². The number of nitrogens with zero attached hydrogens (tertiary/aromatic N) is 2. The first kappa shape index (κ1) is 23.4. The standard InChI is InChI=1S/C25H19ClF3N3O2/c26-21-12-11-19(25(27,28)29)13-22(21)30-23(33)20-15-32(14-17-7-3-1-4-8-17)31-24(20)34-16-18-9-5-2-6-10-18/h1-13,15H,14,16H2,(H,30,33). The van der Waals surface area contributed by atoms with E-state index in [0.29, 0.717) is 6.54 Å². The molecule has 4 rings (SSSR count). The number of halogens is 4. The highest BCUT2D eigenvalue weighted by atomic mass is 35.5. The molecule has 1 N–H and O–H groups in total. The van der Waals surface area contributed by atoms with Gasteiger partial charge in [0, 0.05) is 6.20 Å². The Morgan fingerprint density at radius 3 is 2.26 bits per heavy atom.